The third-order valence-corrected chi connectivity index (χ3v) is 2.77. The lowest BCUT2D eigenvalue weighted by molar-refractivity contribution is -0.123. The van der Waals surface area contributed by atoms with E-state index in [-0.39, 0.29) is 24.2 Å². The predicted molar refractivity (Wildman–Crippen MR) is 80.3 cm³/mol. The Balaban J connectivity index is 2.31. The summed E-state index contributed by atoms with van der Waals surface area (Å²) in [6.45, 7) is 6.32. The molecule has 5 nitrogen and oxygen atoms in total. The van der Waals surface area contributed by atoms with Crippen molar-refractivity contribution in [3.8, 4) is 0 Å². The number of rotatable bonds is 7. The fourth-order valence-corrected chi connectivity index (χ4v) is 1.53. The van der Waals surface area contributed by atoms with E-state index in [2.05, 4.69) is 16.0 Å². The van der Waals surface area contributed by atoms with Gasteiger partial charge in [-0.3, -0.25) is 14.9 Å². The van der Waals surface area contributed by atoms with Crippen molar-refractivity contribution < 1.29 is 14.0 Å². The minimum atomic E-state index is -0.456. The highest BCUT2D eigenvalue weighted by Crippen LogP contribution is 2.07. The lowest BCUT2D eigenvalue weighted by Crippen LogP contribution is -2.45. The monoisotopic (exact) mass is 295 g/mol. The standard InChI is InChI=1S/C15H22FN3O2/c1-10(2)8-18-15(21)11(3)17-9-14(20)19-13-6-4-12(16)5-7-13/h4-7,10-11,17H,8-9H2,1-3H3,(H,18,21)(H,19,20). The minimum absolute atomic E-state index is 0.00758. The zero-order chi connectivity index (χ0) is 15.8. The molecule has 0 heterocycles. The molecule has 0 aromatic heterocycles. The van der Waals surface area contributed by atoms with Crippen molar-refractivity contribution in [2.45, 2.75) is 26.8 Å². The highest BCUT2D eigenvalue weighted by molar-refractivity contribution is 5.92. The molecule has 3 N–H and O–H groups in total. The zero-order valence-electron chi connectivity index (χ0n) is 12.6. The molecule has 0 spiro atoms. The minimum Gasteiger partial charge on any atom is -0.354 e. The van der Waals surface area contributed by atoms with Gasteiger partial charge in [-0.2, -0.15) is 0 Å². The quantitative estimate of drug-likeness (QED) is 0.714. The molecule has 0 radical (unpaired) electrons. The van der Waals surface area contributed by atoms with E-state index in [9.17, 15) is 14.0 Å². The van der Waals surface area contributed by atoms with E-state index < -0.39 is 6.04 Å². The Labute approximate surface area is 124 Å². The molecule has 0 aliphatic rings. The first-order valence-electron chi connectivity index (χ1n) is 6.95. The molecule has 1 aromatic carbocycles. The average Bonchev–Trinajstić information content (AvgIpc) is 2.44. The van der Waals surface area contributed by atoms with E-state index in [1.54, 1.807) is 6.92 Å². The van der Waals surface area contributed by atoms with Gasteiger partial charge in [0.1, 0.15) is 5.82 Å². The summed E-state index contributed by atoms with van der Waals surface area (Å²) in [5.74, 6) is -0.409. The van der Waals surface area contributed by atoms with E-state index in [0.29, 0.717) is 18.2 Å². The Morgan fingerprint density at radius 2 is 1.76 bits per heavy atom. The lowest BCUT2D eigenvalue weighted by Gasteiger charge is -2.15. The Morgan fingerprint density at radius 1 is 1.14 bits per heavy atom. The van der Waals surface area contributed by atoms with Gasteiger partial charge in [0, 0.05) is 12.2 Å². The second-order valence-corrected chi connectivity index (χ2v) is 5.30. The van der Waals surface area contributed by atoms with Crippen LogP contribution < -0.4 is 16.0 Å². The van der Waals surface area contributed by atoms with Gasteiger partial charge in [-0.05, 0) is 37.1 Å². The SMILES string of the molecule is CC(C)CNC(=O)C(C)NCC(=O)Nc1ccc(F)cc1. The van der Waals surface area contributed by atoms with Crippen LogP contribution in [0.2, 0.25) is 0 Å². The molecule has 0 aliphatic carbocycles. The molecule has 0 saturated carbocycles. The second-order valence-electron chi connectivity index (χ2n) is 5.30. The van der Waals surface area contributed by atoms with Crippen molar-refractivity contribution in [1.29, 1.82) is 0 Å². The van der Waals surface area contributed by atoms with Gasteiger partial charge in [-0.25, -0.2) is 4.39 Å². The summed E-state index contributed by atoms with van der Waals surface area (Å²) >= 11 is 0. The summed E-state index contributed by atoms with van der Waals surface area (Å²) < 4.78 is 12.7. The summed E-state index contributed by atoms with van der Waals surface area (Å²) in [7, 11) is 0. The van der Waals surface area contributed by atoms with E-state index in [1.165, 1.54) is 24.3 Å². The number of carbonyl (C=O) groups excluding carboxylic acids is 2. The van der Waals surface area contributed by atoms with Crippen molar-refractivity contribution in [1.82, 2.24) is 10.6 Å². The second kappa shape index (κ2) is 8.36. The maximum Gasteiger partial charge on any atom is 0.238 e. The van der Waals surface area contributed by atoms with E-state index in [4.69, 9.17) is 0 Å². The van der Waals surface area contributed by atoms with Gasteiger partial charge in [0.05, 0.1) is 12.6 Å². The zero-order valence-corrected chi connectivity index (χ0v) is 12.6. The topological polar surface area (TPSA) is 70.2 Å². The molecule has 1 rings (SSSR count). The van der Waals surface area contributed by atoms with Crippen LogP contribution in [0.4, 0.5) is 10.1 Å². The third kappa shape index (κ3) is 6.85. The molecule has 1 atom stereocenters. The number of hydrogen-bond donors (Lipinski definition) is 3. The third-order valence-electron chi connectivity index (χ3n) is 2.77. The molecule has 6 heteroatoms. The van der Waals surface area contributed by atoms with Crippen LogP contribution in [0, 0.1) is 11.7 Å². The highest BCUT2D eigenvalue weighted by atomic mass is 19.1. The molecule has 1 unspecified atom stereocenters. The van der Waals surface area contributed by atoms with Crippen LogP contribution >= 0.6 is 0 Å². The van der Waals surface area contributed by atoms with Gasteiger partial charge < -0.3 is 10.6 Å². The van der Waals surface area contributed by atoms with Crippen molar-refractivity contribution in [3.63, 3.8) is 0 Å². The van der Waals surface area contributed by atoms with Crippen LogP contribution in [-0.4, -0.2) is 30.9 Å². The first-order valence-corrected chi connectivity index (χ1v) is 6.95. The Bertz CT molecular complexity index is 474. The number of amides is 2. The number of hydrogen-bond acceptors (Lipinski definition) is 3. The molecule has 0 aliphatic heterocycles. The summed E-state index contributed by atoms with van der Waals surface area (Å²) in [5, 5.41) is 8.24. The largest absolute Gasteiger partial charge is 0.354 e. The fourth-order valence-electron chi connectivity index (χ4n) is 1.53. The number of anilines is 1. The molecule has 0 fully saturated rings. The first kappa shape index (κ1) is 17.1. The molecule has 21 heavy (non-hydrogen) atoms. The molecular formula is C15H22FN3O2. The van der Waals surface area contributed by atoms with Crippen LogP contribution in [-0.2, 0) is 9.59 Å². The molecule has 2 amide bonds. The predicted octanol–water partition coefficient (Wildman–Crippen LogP) is 1.51. The molecule has 0 bridgehead atoms. The molecule has 116 valence electrons. The Hall–Kier alpha value is -1.95. The van der Waals surface area contributed by atoms with Gasteiger partial charge >= 0.3 is 0 Å². The van der Waals surface area contributed by atoms with E-state index in [1.807, 2.05) is 13.8 Å². The summed E-state index contributed by atoms with van der Waals surface area (Å²) in [6.07, 6.45) is 0. The summed E-state index contributed by atoms with van der Waals surface area (Å²) in [4.78, 5) is 23.4. The van der Waals surface area contributed by atoms with Gasteiger partial charge in [-0.15, -0.1) is 0 Å². The van der Waals surface area contributed by atoms with Gasteiger partial charge in [0.25, 0.3) is 0 Å². The molecule has 0 saturated heterocycles. The van der Waals surface area contributed by atoms with Crippen molar-refractivity contribution in [2.24, 2.45) is 5.92 Å². The highest BCUT2D eigenvalue weighted by Gasteiger charge is 2.13. The van der Waals surface area contributed by atoms with Gasteiger partial charge in [0.2, 0.25) is 11.8 Å². The van der Waals surface area contributed by atoms with Crippen molar-refractivity contribution >= 4 is 17.5 Å². The van der Waals surface area contributed by atoms with Gasteiger partial charge in [-0.1, -0.05) is 13.8 Å². The number of carbonyl (C=O) groups is 2. The first-order chi connectivity index (χ1) is 9.88. The lowest BCUT2D eigenvalue weighted by atomic mass is 10.2. The Morgan fingerprint density at radius 3 is 2.33 bits per heavy atom. The number of benzene rings is 1. The molecular weight excluding hydrogens is 273 g/mol. The Kier molecular flexibility index (Phi) is 6.81. The van der Waals surface area contributed by atoms with Gasteiger partial charge in [0.15, 0.2) is 0 Å². The average molecular weight is 295 g/mol. The maximum atomic E-state index is 12.7. The number of halogens is 1. The fraction of sp³-hybridized carbons (Fsp3) is 0.467. The maximum absolute atomic E-state index is 12.7. The van der Waals surface area contributed by atoms with E-state index >= 15 is 0 Å². The summed E-state index contributed by atoms with van der Waals surface area (Å²) in [6, 6.07) is 5.04. The number of nitrogens with one attached hydrogen (secondary N) is 3. The van der Waals surface area contributed by atoms with Crippen molar-refractivity contribution in [2.75, 3.05) is 18.4 Å². The smallest absolute Gasteiger partial charge is 0.238 e. The summed E-state index contributed by atoms with van der Waals surface area (Å²) in [5.41, 5.74) is 0.514. The van der Waals surface area contributed by atoms with Crippen LogP contribution in [0.3, 0.4) is 0 Å². The molecule has 1 aromatic rings. The van der Waals surface area contributed by atoms with Crippen LogP contribution in [0.5, 0.6) is 0 Å². The van der Waals surface area contributed by atoms with Crippen molar-refractivity contribution in [3.05, 3.63) is 30.1 Å². The van der Waals surface area contributed by atoms with E-state index in [0.717, 1.165) is 0 Å². The van der Waals surface area contributed by atoms with Crippen LogP contribution in [0.25, 0.3) is 0 Å². The normalized spacial score (nSPS) is 12.0. The van der Waals surface area contributed by atoms with Crippen LogP contribution in [0.15, 0.2) is 24.3 Å². The van der Waals surface area contributed by atoms with Crippen LogP contribution in [0.1, 0.15) is 20.8 Å².